The van der Waals surface area contributed by atoms with Gasteiger partial charge in [-0.1, -0.05) is 24.1 Å². The Labute approximate surface area is 200 Å². The second-order valence-electron chi connectivity index (χ2n) is 10.1. The van der Waals surface area contributed by atoms with Crippen LogP contribution in [-0.2, 0) is 16.6 Å². The number of aromatic hydroxyl groups is 1. The van der Waals surface area contributed by atoms with Crippen molar-refractivity contribution in [3.8, 4) is 29.1 Å². The molecular formula is C28H30N2O4. The number of carbonyl (C=O) groups is 1. The van der Waals surface area contributed by atoms with Crippen molar-refractivity contribution in [1.29, 1.82) is 0 Å². The van der Waals surface area contributed by atoms with Gasteiger partial charge >= 0.3 is 0 Å². The van der Waals surface area contributed by atoms with Crippen LogP contribution in [0.4, 0.5) is 0 Å². The molecule has 0 unspecified atom stereocenters. The van der Waals surface area contributed by atoms with Gasteiger partial charge in [0.05, 0.1) is 13.2 Å². The molecule has 6 nitrogen and oxygen atoms in total. The minimum atomic E-state index is -0.226. The Bertz CT molecular complexity index is 1220. The molecule has 2 bridgehead atoms. The van der Waals surface area contributed by atoms with Crippen LogP contribution in [0.3, 0.4) is 0 Å². The molecule has 0 radical (unpaired) electrons. The molecule has 176 valence electrons. The van der Waals surface area contributed by atoms with Crippen LogP contribution in [0.25, 0.3) is 0 Å². The fraction of sp³-hybridized carbons (Fsp3) is 0.464. The number of ether oxygens (including phenoxy) is 2. The summed E-state index contributed by atoms with van der Waals surface area (Å²) in [6.07, 6.45) is 3.46. The van der Waals surface area contributed by atoms with Crippen molar-refractivity contribution in [2.24, 2.45) is 5.92 Å². The molecule has 6 rings (SSSR count). The molecule has 2 aromatic carbocycles. The highest BCUT2D eigenvalue weighted by molar-refractivity contribution is 5.94. The lowest BCUT2D eigenvalue weighted by atomic mass is 9.51. The standard InChI is InChI=1S/C28H30N2O4/c1-29-14-13-28-19-10-11-20(30(2)24(32)12-9-17-7-5-4-6-8-17)27(28)34-26-23(33-3)16-22(31)18(25(26)28)15-21(19)29/h4-8,16,19-21,27,31H,10-11,13-15H2,1-3H3/t19-,20-,21+,27-,28-/m0/s1. The summed E-state index contributed by atoms with van der Waals surface area (Å²) in [7, 11) is 5.65. The number of likely N-dealkylation sites (N-methyl/N-ethyl adjacent to an activating group) is 2. The molecule has 2 aliphatic carbocycles. The van der Waals surface area contributed by atoms with E-state index in [0.717, 1.165) is 54.7 Å². The van der Waals surface area contributed by atoms with E-state index in [-0.39, 0.29) is 23.5 Å². The summed E-state index contributed by atoms with van der Waals surface area (Å²) in [5, 5.41) is 10.9. The Morgan fingerprint density at radius 3 is 2.85 bits per heavy atom. The first-order valence-electron chi connectivity index (χ1n) is 12.1. The maximum atomic E-state index is 13.2. The van der Waals surface area contributed by atoms with Crippen LogP contribution in [0.2, 0.25) is 0 Å². The van der Waals surface area contributed by atoms with E-state index in [1.165, 1.54) is 0 Å². The largest absolute Gasteiger partial charge is 0.508 e. The summed E-state index contributed by atoms with van der Waals surface area (Å²) in [6, 6.07) is 11.5. The van der Waals surface area contributed by atoms with E-state index < -0.39 is 0 Å². The van der Waals surface area contributed by atoms with Gasteiger partial charge in [-0.25, -0.2) is 0 Å². The molecule has 34 heavy (non-hydrogen) atoms. The van der Waals surface area contributed by atoms with Gasteiger partial charge in [0.25, 0.3) is 5.91 Å². The lowest BCUT2D eigenvalue weighted by Gasteiger charge is -2.59. The number of amides is 1. The number of hydrogen-bond acceptors (Lipinski definition) is 5. The second kappa shape index (κ2) is 7.68. The number of phenolic OH excluding ortho intramolecular Hbond substituents is 1. The quantitative estimate of drug-likeness (QED) is 0.702. The molecule has 1 amide bonds. The number of nitrogens with zero attached hydrogens (tertiary/aromatic N) is 2. The summed E-state index contributed by atoms with van der Waals surface area (Å²) in [6.45, 7) is 0.968. The van der Waals surface area contributed by atoms with E-state index in [0.29, 0.717) is 23.5 Å². The van der Waals surface area contributed by atoms with Crippen LogP contribution in [0.1, 0.15) is 36.0 Å². The van der Waals surface area contributed by atoms with E-state index in [9.17, 15) is 9.90 Å². The minimum Gasteiger partial charge on any atom is -0.508 e. The van der Waals surface area contributed by atoms with E-state index in [2.05, 4.69) is 23.8 Å². The predicted molar refractivity (Wildman–Crippen MR) is 128 cm³/mol. The molecule has 5 atom stereocenters. The number of benzene rings is 2. The smallest absolute Gasteiger partial charge is 0.298 e. The average molecular weight is 459 g/mol. The lowest BCUT2D eigenvalue weighted by molar-refractivity contribution is -0.133. The van der Waals surface area contributed by atoms with Crippen LogP contribution in [0, 0.1) is 17.8 Å². The van der Waals surface area contributed by atoms with Crippen LogP contribution in [0.5, 0.6) is 17.2 Å². The van der Waals surface area contributed by atoms with Crippen molar-refractivity contribution >= 4 is 5.91 Å². The lowest BCUT2D eigenvalue weighted by Crippen LogP contribution is -2.68. The van der Waals surface area contributed by atoms with Gasteiger partial charge in [-0.15, -0.1) is 0 Å². The number of carbonyl (C=O) groups excluding carboxylic acids is 1. The Balaban J connectivity index is 1.41. The summed E-state index contributed by atoms with van der Waals surface area (Å²) < 4.78 is 12.4. The first-order chi connectivity index (χ1) is 16.5. The van der Waals surface area contributed by atoms with E-state index in [1.807, 2.05) is 37.4 Å². The first-order valence-corrected chi connectivity index (χ1v) is 12.1. The van der Waals surface area contributed by atoms with Crippen LogP contribution >= 0.6 is 0 Å². The highest BCUT2D eigenvalue weighted by Crippen LogP contribution is 2.65. The number of piperidine rings is 1. The molecular weight excluding hydrogens is 428 g/mol. The minimum absolute atomic E-state index is 0.0944. The van der Waals surface area contributed by atoms with Crippen molar-refractivity contribution in [3.63, 3.8) is 0 Å². The van der Waals surface area contributed by atoms with Crippen LogP contribution in [-0.4, -0.2) is 66.8 Å². The number of likely N-dealkylation sites (tertiary alicyclic amines) is 1. The van der Waals surface area contributed by atoms with Crippen LogP contribution in [0.15, 0.2) is 36.4 Å². The third-order valence-corrected chi connectivity index (χ3v) is 8.78. The zero-order chi connectivity index (χ0) is 23.6. The number of phenols is 1. The first kappa shape index (κ1) is 21.4. The van der Waals surface area contributed by atoms with Crippen molar-refractivity contribution in [3.05, 3.63) is 53.1 Å². The fourth-order valence-electron chi connectivity index (χ4n) is 7.20. The SMILES string of the molecule is COc1cc(O)c2c3c1O[C@H]1[C@@H](N(C)C(=O)C#Cc4ccccc4)CC[C@H]4[C@@H](C2)N(C)CC[C@@]341. The van der Waals surface area contributed by atoms with Gasteiger partial charge in [0.1, 0.15) is 11.9 Å². The maximum Gasteiger partial charge on any atom is 0.298 e. The summed E-state index contributed by atoms with van der Waals surface area (Å²) in [5.74, 6) is 7.69. The zero-order valence-corrected chi connectivity index (χ0v) is 19.9. The molecule has 1 N–H and O–H groups in total. The van der Waals surface area contributed by atoms with Crippen molar-refractivity contribution in [2.75, 3.05) is 27.7 Å². The summed E-state index contributed by atoms with van der Waals surface area (Å²) in [5.41, 5.74) is 2.72. The molecule has 2 fully saturated rings. The van der Waals surface area contributed by atoms with Gasteiger partial charge in [-0.3, -0.25) is 4.79 Å². The fourth-order valence-corrected chi connectivity index (χ4v) is 7.20. The number of methoxy groups -OCH3 is 1. The van der Waals surface area contributed by atoms with Crippen molar-refractivity contribution in [2.45, 2.75) is 49.3 Å². The van der Waals surface area contributed by atoms with Gasteiger partial charge in [-0.2, -0.15) is 0 Å². The third-order valence-electron chi connectivity index (χ3n) is 8.78. The Morgan fingerprint density at radius 1 is 1.29 bits per heavy atom. The summed E-state index contributed by atoms with van der Waals surface area (Å²) in [4.78, 5) is 17.4. The van der Waals surface area contributed by atoms with Gasteiger partial charge in [0.2, 0.25) is 0 Å². The number of hydrogen-bond donors (Lipinski definition) is 1. The van der Waals surface area contributed by atoms with E-state index >= 15 is 0 Å². The average Bonchev–Trinajstić information content (AvgIpc) is 3.20. The molecule has 0 aromatic heterocycles. The molecule has 6 heteroatoms. The molecule has 2 aromatic rings. The molecule has 1 spiro atoms. The van der Waals surface area contributed by atoms with Gasteiger partial charge in [-0.05, 0) is 57.3 Å². The highest BCUT2D eigenvalue weighted by Gasteiger charge is 2.66. The predicted octanol–water partition coefficient (Wildman–Crippen LogP) is 2.95. The molecule has 2 heterocycles. The van der Waals surface area contributed by atoms with Gasteiger partial charge in [0.15, 0.2) is 11.5 Å². The Morgan fingerprint density at radius 2 is 2.09 bits per heavy atom. The normalized spacial score (nSPS) is 30.4. The van der Waals surface area contributed by atoms with Gasteiger partial charge < -0.3 is 24.4 Å². The maximum absolute atomic E-state index is 13.2. The summed E-state index contributed by atoms with van der Waals surface area (Å²) >= 11 is 0. The van der Waals surface area contributed by atoms with Crippen LogP contribution < -0.4 is 9.47 Å². The number of rotatable bonds is 2. The zero-order valence-electron chi connectivity index (χ0n) is 19.9. The molecule has 1 saturated heterocycles. The van der Waals surface area contributed by atoms with E-state index in [4.69, 9.17) is 9.47 Å². The highest BCUT2D eigenvalue weighted by atomic mass is 16.5. The Kier molecular flexibility index (Phi) is 4.82. The third kappa shape index (κ3) is 2.83. The van der Waals surface area contributed by atoms with Crippen molar-refractivity contribution < 1.29 is 19.4 Å². The second-order valence-corrected chi connectivity index (χ2v) is 10.1. The molecule has 1 saturated carbocycles. The molecule has 4 aliphatic rings. The van der Waals surface area contributed by atoms with Gasteiger partial charge in [0, 0.05) is 47.2 Å². The van der Waals surface area contributed by atoms with Crippen molar-refractivity contribution in [1.82, 2.24) is 9.80 Å². The molecule has 2 aliphatic heterocycles. The Hall–Kier alpha value is -3.17. The topological polar surface area (TPSA) is 62.2 Å². The monoisotopic (exact) mass is 458 g/mol. The van der Waals surface area contributed by atoms with E-state index in [1.54, 1.807) is 18.1 Å².